The Morgan fingerprint density at radius 2 is 1.90 bits per heavy atom. The largest absolute Gasteiger partial charge is 0.355 e. The Bertz CT molecular complexity index is 822. The van der Waals surface area contributed by atoms with E-state index in [4.69, 9.17) is 0 Å². The number of nitrogens with one attached hydrogen (secondary N) is 2. The standard InChI is InChI=1S/C21H29N5O2S.HI/c1-12(2)8-16-24-10-15(29-16)11-25-21(22-3)23-6-7-26-19(27)17-13-4-5-14(9-13)18(17)20(26)28;/h4-5,10,12-14,17-18H,6-9,11H2,1-3H3,(H2,22,23,25);1H. The van der Waals surface area contributed by atoms with Crippen LogP contribution in [-0.2, 0) is 22.6 Å². The Hall–Kier alpha value is -1.49. The van der Waals surface area contributed by atoms with E-state index in [0.717, 1.165) is 22.7 Å². The number of guanidine groups is 1. The molecule has 4 unspecified atom stereocenters. The van der Waals surface area contributed by atoms with Gasteiger partial charge < -0.3 is 10.6 Å². The van der Waals surface area contributed by atoms with Gasteiger partial charge in [-0.3, -0.25) is 19.5 Å². The van der Waals surface area contributed by atoms with Crippen LogP contribution in [0.2, 0.25) is 0 Å². The number of thiazole rings is 1. The van der Waals surface area contributed by atoms with E-state index in [1.807, 2.05) is 6.20 Å². The van der Waals surface area contributed by atoms with Gasteiger partial charge >= 0.3 is 0 Å². The van der Waals surface area contributed by atoms with Crippen molar-refractivity contribution < 1.29 is 9.59 Å². The van der Waals surface area contributed by atoms with Crippen LogP contribution in [0.15, 0.2) is 23.3 Å². The topological polar surface area (TPSA) is 86.7 Å². The summed E-state index contributed by atoms with van der Waals surface area (Å²) in [6.45, 7) is 5.89. The average Bonchev–Trinajstić information content (AvgIpc) is 3.45. The molecule has 2 aliphatic carbocycles. The summed E-state index contributed by atoms with van der Waals surface area (Å²) in [4.78, 5) is 36.7. The van der Waals surface area contributed by atoms with Gasteiger partial charge in [0.15, 0.2) is 5.96 Å². The van der Waals surface area contributed by atoms with Crippen LogP contribution >= 0.6 is 35.3 Å². The summed E-state index contributed by atoms with van der Waals surface area (Å²) in [6, 6.07) is 0. The molecule has 3 aliphatic rings. The van der Waals surface area contributed by atoms with Crippen LogP contribution in [-0.4, -0.2) is 47.8 Å². The molecule has 0 radical (unpaired) electrons. The van der Waals surface area contributed by atoms with Gasteiger partial charge in [-0.1, -0.05) is 26.0 Å². The number of imide groups is 1. The maximum atomic E-state index is 12.7. The summed E-state index contributed by atoms with van der Waals surface area (Å²) in [5.74, 6) is 1.53. The van der Waals surface area contributed by atoms with Crippen LogP contribution in [0, 0.1) is 29.6 Å². The second-order valence-electron chi connectivity index (χ2n) is 8.50. The minimum Gasteiger partial charge on any atom is -0.355 e. The highest BCUT2D eigenvalue weighted by molar-refractivity contribution is 14.0. The van der Waals surface area contributed by atoms with Crippen molar-refractivity contribution in [1.82, 2.24) is 20.5 Å². The highest BCUT2D eigenvalue weighted by Gasteiger charge is 2.58. The highest BCUT2D eigenvalue weighted by Crippen LogP contribution is 2.52. The van der Waals surface area contributed by atoms with Crippen molar-refractivity contribution in [3.63, 3.8) is 0 Å². The van der Waals surface area contributed by atoms with Crippen LogP contribution in [0.3, 0.4) is 0 Å². The summed E-state index contributed by atoms with van der Waals surface area (Å²) < 4.78 is 0. The van der Waals surface area contributed by atoms with Crippen LogP contribution in [0.4, 0.5) is 0 Å². The van der Waals surface area contributed by atoms with Crippen molar-refractivity contribution >= 4 is 53.1 Å². The van der Waals surface area contributed by atoms with Crippen molar-refractivity contribution in [2.24, 2.45) is 34.6 Å². The Balaban J connectivity index is 0.00000256. The van der Waals surface area contributed by atoms with Gasteiger partial charge in [-0.25, -0.2) is 4.98 Å². The van der Waals surface area contributed by atoms with Gasteiger partial charge in [0.2, 0.25) is 11.8 Å². The molecule has 1 aliphatic heterocycles. The second kappa shape index (κ2) is 9.76. The second-order valence-corrected chi connectivity index (χ2v) is 9.70. The molecule has 7 nitrogen and oxygen atoms in total. The molecule has 4 rings (SSSR count). The van der Waals surface area contributed by atoms with Gasteiger partial charge in [0.05, 0.1) is 23.4 Å². The van der Waals surface area contributed by atoms with Crippen molar-refractivity contribution in [2.75, 3.05) is 20.1 Å². The number of nitrogens with zero attached hydrogens (tertiary/aromatic N) is 3. The molecule has 164 valence electrons. The Morgan fingerprint density at radius 3 is 2.50 bits per heavy atom. The molecule has 2 heterocycles. The Kier molecular flexibility index (Phi) is 7.54. The molecule has 2 N–H and O–H groups in total. The fraction of sp³-hybridized carbons (Fsp3) is 0.619. The number of fused-ring (bicyclic) bond motifs is 5. The van der Waals surface area contributed by atoms with Gasteiger partial charge in [-0.2, -0.15) is 0 Å². The molecule has 1 aromatic rings. The number of allylic oxidation sites excluding steroid dienone is 2. The van der Waals surface area contributed by atoms with Gasteiger partial charge in [0.25, 0.3) is 0 Å². The van der Waals surface area contributed by atoms with E-state index in [1.54, 1.807) is 18.4 Å². The smallest absolute Gasteiger partial charge is 0.233 e. The van der Waals surface area contributed by atoms with E-state index in [-0.39, 0.29) is 59.5 Å². The summed E-state index contributed by atoms with van der Waals surface area (Å²) in [6.07, 6.45) is 8.11. The fourth-order valence-electron chi connectivity index (χ4n) is 4.74. The predicted octanol–water partition coefficient (Wildman–Crippen LogP) is 2.43. The predicted molar refractivity (Wildman–Crippen MR) is 129 cm³/mol. The van der Waals surface area contributed by atoms with Crippen LogP contribution in [0.5, 0.6) is 0 Å². The monoisotopic (exact) mass is 543 g/mol. The highest BCUT2D eigenvalue weighted by atomic mass is 127. The fourth-order valence-corrected chi connectivity index (χ4v) is 5.81. The van der Waals surface area contributed by atoms with E-state index in [1.165, 1.54) is 4.90 Å². The zero-order valence-corrected chi connectivity index (χ0v) is 20.8. The van der Waals surface area contributed by atoms with Crippen LogP contribution in [0.25, 0.3) is 0 Å². The third kappa shape index (κ3) is 4.56. The third-order valence-electron chi connectivity index (χ3n) is 6.03. The third-order valence-corrected chi connectivity index (χ3v) is 7.05. The molecule has 0 aromatic carbocycles. The van der Waals surface area contributed by atoms with Crippen molar-refractivity contribution in [1.29, 1.82) is 0 Å². The van der Waals surface area contributed by atoms with E-state index in [9.17, 15) is 9.59 Å². The van der Waals surface area contributed by atoms with Gasteiger partial charge in [-0.15, -0.1) is 35.3 Å². The summed E-state index contributed by atoms with van der Waals surface area (Å²) >= 11 is 1.71. The molecule has 2 amide bonds. The molecule has 9 heteroatoms. The summed E-state index contributed by atoms with van der Waals surface area (Å²) in [5, 5.41) is 7.64. The lowest BCUT2D eigenvalue weighted by molar-refractivity contribution is -0.140. The molecule has 4 atom stereocenters. The van der Waals surface area contributed by atoms with Crippen molar-refractivity contribution in [3.8, 4) is 0 Å². The van der Waals surface area contributed by atoms with E-state index < -0.39 is 0 Å². The molecule has 2 bridgehead atoms. The van der Waals surface area contributed by atoms with Gasteiger partial charge in [0, 0.05) is 37.6 Å². The lowest BCUT2D eigenvalue weighted by Crippen LogP contribution is -2.43. The maximum absolute atomic E-state index is 12.7. The lowest BCUT2D eigenvalue weighted by Gasteiger charge is -2.18. The van der Waals surface area contributed by atoms with E-state index >= 15 is 0 Å². The van der Waals surface area contributed by atoms with Gasteiger partial charge in [-0.05, 0) is 24.2 Å². The number of hydrogen-bond acceptors (Lipinski definition) is 5. The molecule has 1 aromatic heterocycles. The molecule has 0 spiro atoms. The number of hydrogen-bond donors (Lipinski definition) is 2. The number of halogens is 1. The minimum atomic E-state index is -0.124. The molecule has 2 fully saturated rings. The molecular weight excluding hydrogens is 513 g/mol. The molecule has 1 saturated heterocycles. The van der Waals surface area contributed by atoms with E-state index in [0.29, 0.717) is 31.5 Å². The number of rotatable bonds is 7. The number of carbonyl (C=O) groups is 2. The molecular formula is C21H30IN5O2S. The zero-order valence-electron chi connectivity index (χ0n) is 17.6. The Morgan fingerprint density at radius 1 is 1.23 bits per heavy atom. The van der Waals surface area contributed by atoms with Crippen LogP contribution < -0.4 is 10.6 Å². The maximum Gasteiger partial charge on any atom is 0.233 e. The van der Waals surface area contributed by atoms with Gasteiger partial charge in [0.1, 0.15) is 0 Å². The summed E-state index contributed by atoms with van der Waals surface area (Å²) in [7, 11) is 1.71. The van der Waals surface area contributed by atoms with E-state index in [2.05, 4.69) is 46.6 Å². The normalized spacial score (nSPS) is 27.1. The summed E-state index contributed by atoms with van der Waals surface area (Å²) in [5.41, 5.74) is 0. The first kappa shape index (κ1) is 23.2. The first-order chi connectivity index (χ1) is 14.0. The number of aromatic nitrogens is 1. The van der Waals surface area contributed by atoms with Crippen molar-refractivity contribution in [3.05, 3.63) is 28.2 Å². The number of aliphatic imine (C=N–C) groups is 1. The first-order valence-electron chi connectivity index (χ1n) is 10.4. The van der Waals surface area contributed by atoms with Crippen molar-refractivity contribution in [2.45, 2.75) is 33.2 Å². The first-order valence-corrected chi connectivity index (χ1v) is 11.2. The SMILES string of the molecule is CN=C(NCCN1C(=O)C2C3C=CC(C3)C2C1=O)NCc1cnc(CC(C)C)s1.I. The zero-order chi connectivity index (χ0) is 20.5. The van der Waals surface area contributed by atoms with Crippen LogP contribution in [0.1, 0.15) is 30.2 Å². The average molecular weight is 543 g/mol. The lowest BCUT2D eigenvalue weighted by atomic mass is 9.85. The Labute approximate surface area is 198 Å². The minimum absolute atomic E-state index is 0. The molecule has 30 heavy (non-hydrogen) atoms. The molecule has 1 saturated carbocycles. The number of carbonyl (C=O) groups excluding carboxylic acids is 2. The quantitative estimate of drug-likeness (QED) is 0.182. The number of likely N-dealkylation sites (tertiary alicyclic amines) is 1. The number of amides is 2.